The van der Waals surface area contributed by atoms with E-state index in [1.807, 2.05) is 12.1 Å². The fraction of sp³-hybridized carbons (Fsp3) is 0.611. The van der Waals surface area contributed by atoms with Crippen molar-refractivity contribution in [1.29, 1.82) is 0 Å². The van der Waals surface area contributed by atoms with E-state index < -0.39 is 0 Å². The SMILES string of the molecule is CCc1ccc(C(=O)CN2CCN(CC3CC3)CC2)cc1. The predicted molar refractivity (Wildman–Crippen MR) is 85.8 cm³/mol. The zero-order chi connectivity index (χ0) is 14.7. The van der Waals surface area contributed by atoms with Crippen LogP contribution in [0.2, 0.25) is 0 Å². The lowest BCUT2D eigenvalue weighted by Crippen LogP contribution is -2.48. The summed E-state index contributed by atoms with van der Waals surface area (Å²) in [5, 5.41) is 0. The minimum Gasteiger partial charge on any atom is -0.301 e. The largest absolute Gasteiger partial charge is 0.301 e. The summed E-state index contributed by atoms with van der Waals surface area (Å²) in [6.07, 6.45) is 3.87. The molecule has 114 valence electrons. The van der Waals surface area contributed by atoms with Crippen molar-refractivity contribution >= 4 is 5.78 Å². The Labute approximate surface area is 127 Å². The molecule has 0 unspecified atom stereocenters. The van der Waals surface area contributed by atoms with Gasteiger partial charge in [-0.25, -0.2) is 0 Å². The molecule has 0 aromatic heterocycles. The van der Waals surface area contributed by atoms with Crippen LogP contribution < -0.4 is 0 Å². The number of carbonyl (C=O) groups is 1. The van der Waals surface area contributed by atoms with E-state index >= 15 is 0 Å². The fourth-order valence-electron chi connectivity index (χ4n) is 3.02. The van der Waals surface area contributed by atoms with E-state index in [0.29, 0.717) is 6.54 Å². The van der Waals surface area contributed by atoms with Gasteiger partial charge >= 0.3 is 0 Å². The molecule has 21 heavy (non-hydrogen) atoms. The average molecular weight is 286 g/mol. The molecule has 2 aliphatic rings. The van der Waals surface area contributed by atoms with Crippen molar-refractivity contribution in [2.45, 2.75) is 26.2 Å². The third kappa shape index (κ3) is 4.14. The Hall–Kier alpha value is -1.19. The van der Waals surface area contributed by atoms with E-state index in [4.69, 9.17) is 0 Å². The van der Waals surface area contributed by atoms with Crippen LogP contribution in [0.3, 0.4) is 0 Å². The minimum atomic E-state index is 0.258. The van der Waals surface area contributed by atoms with Gasteiger partial charge < -0.3 is 4.90 Å². The predicted octanol–water partition coefficient (Wildman–Crippen LogP) is 2.46. The first-order chi connectivity index (χ1) is 10.2. The van der Waals surface area contributed by atoms with Crippen LogP contribution in [-0.2, 0) is 6.42 Å². The Bertz CT molecular complexity index is 470. The quantitative estimate of drug-likeness (QED) is 0.751. The van der Waals surface area contributed by atoms with Gasteiger partial charge in [-0.1, -0.05) is 31.2 Å². The number of benzene rings is 1. The van der Waals surface area contributed by atoms with Crippen LogP contribution in [0.5, 0.6) is 0 Å². The van der Waals surface area contributed by atoms with Gasteiger partial charge in [0.1, 0.15) is 0 Å². The minimum absolute atomic E-state index is 0.258. The molecule has 0 amide bonds. The molecule has 3 nitrogen and oxygen atoms in total. The van der Waals surface area contributed by atoms with Crippen LogP contribution in [-0.4, -0.2) is 54.9 Å². The van der Waals surface area contributed by atoms with Gasteiger partial charge in [0.2, 0.25) is 0 Å². The van der Waals surface area contributed by atoms with Gasteiger partial charge in [0.05, 0.1) is 6.54 Å². The highest BCUT2D eigenvalue weighted by molar-refractivity contribution is 5.97. The zero-order valence-corrected chi connectivity index (χ0v) is 13.1. The van der Waals surface area contributed by atoms with Crippen molar-refractivity contribution in [3.63, 3.8) is 0 Å². The molecule has 1 heterocycles. The van der Waals surface area contributed by atoms with Crippen molar-refractivity contribution in [2.24, 2.45) is 5.92 Å². The third-order valence-electron chi connectivity index (χ3n) is 4.73. The number of piperazine rings is 1. The van der Waals surface area contributed by atoms with Crippen molar-refractivity contribution < 1.29 is 4.79 Å². The summed E-state index contributed by atoms with van der Waals surface area (Å²) in [5.74, 6) is 1.23. The van der Waals surface area contributed by atoms with Crippen molar-refractivity contribution in [3.05, 3.63) is 35.4 Å². The molecule has 1 saturated heterocycles. The molecule has 3 heteroatoms. The van der Waals surface area contributed by atoms with Crippen LogP contribution in [0, 0.1) is 5.92 Å². The van der Waals surface area contributed by atoms with E-state index in [2.05, 4.69) is 28.9 Å². The summed E-state index contributed by atoms with van der Waals surface area (Å²) in [6.45, 7) is 8.30. The molecule has 2 fully saturated rings. The summed E-state index contributed by atoms with van der Waals surface area (Å²) in [4.78, 5) is 17.2. The van der Waals surface area contributed by atoms with Gasteiger partial charge in [0, 0.05) is 38.3 Å². The van der Waals surface area contributed by atoms with Gasteiger partial charge in [0.25, 0.3) is 0 Å². The number of hydrogen-bond donors (Lipinski definition) is 0. The molecule has 1 aliphatic carbocycles. The number of carbonyl (C=O) groups excluding carboxylic acids is 1. The Balaban J connectivity index is 1.46. The summed E-state index contributed by atoms with van der Waals surface area (Å²) in [6, 6.07) is 8.09. The standard InChI is InChI=1S/C18H26N2O/c1-2-15-5-7-17(8-6-15)18(21)14-20-11-9-19(10-12-20)13-16-3-4-16/h5-8,16H,2-4,9-14H2,1H3. The number of Topliss-reactive ketones (excluding diaryl/α,β-unsaturated/α-hetero) is 1. The average Bonchev–Trinajstić information content (AvgIpc) is 3.33. The fourth-order valence-corrected chi connectivity index (χ4v) is 3.02. The highest BCUT2D eigenvalue weighted by Gasteiger charge is 2.26. The topological polar surface area (TPSA) is 23.6 Å². The second kappa shape index (κ2) is 6.71. The molecule has 0 spiro atoms. The van der Waals surface area contributed by atoms with Crippen LogP contribution >= 0.6 is 0 Å². The monoisotopic (exact) mass is 286 g/mol. The molecule has 1 aromatic carbocycles. The molecule has 1 aliphatic heterocycles. The number of aryl methyl sites for hydroxylation is 1. The lowest BCUT2D eigenvalue weighted by Gasteiger charge is -2.34. The van der Waals surface area contributed by atoms with E-state index in [0.717, 1.165) is 44.1 Å². The molecule has 0 bridgehead atoms. The Morgan fingerprint density at radius 3 is 2.24 bits per heavy atom. The lowest BCUT2D eigenvalue weighted by atomic mass is 10.1. The van der Waals surface area contributed by atoms with E-state index in [9.17, 15) is 4.79 Å². The van der Waals surface area contributed by atoms with Crippen molar-refractivity contribution in [2.75, 3.05) is 39.3 Å². The molecular weight excluding hydrogens is 260 g/mol. The van der Waals surface area contributed by atoms with Crippen molar-refractivity contribution in [1.82, 2.24) is 9.80 Å². The summed E-state index contributed by atoms with van der Waals surface area (Å²) in [5.41, 5.74) is 2.15. The maximum atomic E-state index is 12.3. The molecule has 3 rings (SSSR count). The first kappa shape index (κ1) is 14.7. The van der Waals surface area contributed by atoms with Crippen LogP contribution in [0.15, 0.2) is 24.3 Å². The Morgan fingerprint density at radius 1 is 1.05 bits per heavy atom. The van der Waals surface area contributed by atoms with Crippen LogP contribution in [0.4, 0.5) is 0 Å². The Kier molecular flexibility index (Phi) is 4.71. The lowest BCUT2D eigenvalue weighted by molar-refractivity contribution is 0.0847. The molecule has 0 radical (unpaired) electrons. The van der Waals surface area contributed by atoms with E-state index in [1.165, 1.54) is 24.9 Å². The van der Waals surface area contributed by atoms with Gasteiger partial charge in [-0.2, -0.15) is 0 Å². The zero-order valence-electron chi connectivity index (χ0n) is 13.1. The summed E-state index contributed by atoms with van der Waals surface area (Å²) in [7, 11) is 0. The van der Waals surface area contributed by atoms with Gasteiger partial charge in [-0.05, 0) is 30.7 Å². The number of hydrogen-bond acceptors (Lipinski definition) is 3. The maximum absolute atomic E-state index is 12.3. The van der Waals surface area contributed by atoms with E-state index in [1.54, 1.807) is 0 Å². The van der Waals surface area contributed by atoms with Gasteiger partial charge in [-0.3, -0.25) is 9.69 Å². The molecule has 0 atom stereocenters. The molecule has 1 saturated carbocycles. The third-order valence-corrected chi connectivity index (χ3v) is 4.73. The van der Waals surface area contributed by atoms with Crippen LogP contribution in [0.1, 0.15) is 35.7 Å². The highest BCUT2D eigenvalue weighted by Crippen LogP contribution is 2.29. The second-order valence-electron chi connectivity index (χ2n) is 6.49. The number of nitrogens with zero attached hydrogens (tertiary/aromatic N) is 2. The van der Waals surface area contributed by atoms with E-state index in [-0.39, 0.29) is 5.78 Å². The first-order valence-corrected chi connectivity index (χ1v) is 8.31. The smallest absolute Gasteiger partial charge is 0.176 e. The normalized spacial score (nSPS) is 20.6. The molecule has 0 N–H and O–H groups in total. The van der Waals surface area contributed by atoms with Gasteiger partial charge in [-0.15, -0.1) is 0 Å². The van der Waals surface area contributed by atoms with Gasteiger partial charge in [0.15, 0.2) is 5.78 Å². The number of rotatable bonds is 6. The number of ketones is 1. The second-order valence-corrected chi connectivity index (χ2v) is 6.49. The van der Waals surface area contributed by atoms with Crippen molar-refractivity contribution in [3.8, 4) is 0 Å². The van der Waals surface area contributed by atoms with Crippen LogP contribution in [0.25, 0.3) is 0 Å². The first-order valence-electron chi connectivity index (χ1n) is 8.31. The maximum Gasteiger partial charge on any atom is 0.176 e. The Morgan fingerprint density at radius 2 is 1.67 bits per heavy atom. The molecular formula is C18H26N2O. The summed E-state index contributed by atoms with van der Waals surface area (Å²) >= 11 is 0. The highest BCUT2D eigenvalue weighted by atomic mass is 16.1. The summed E-state index contributed by atoms with van der Waals surface area (Å²) < 4.78 is 0. The molecule has 1 aromatic rings.